The van der Waals surface area contributed by atoms with Crippen molar-refractivity contribution in [1.29, 1.82) is 5.26 Å². The molecule has 0 saturated carbocycles. The Morgan fingerprint density at radius 3 is 2.80 bits per heavy atom. The van der Waals surface area contributed by atoms with E-state index in [2.05, 4.69) is 6.07 Å². The normalized spacial score (nSPS) is 35.4. The van der Waals surface area contributed by atoms with Gasteiger partial charge < -0.3 is 14.2 Å². The Morgan fingerprint density at radius 1 is 1.55 bits per heavy atom. The lowest BCUT2D eigenvalue weighted by molar-refractivity contribution is -0.175. The monoisotopic (exact) mass is 281 g/mol. The van der Waals surface area contributed by atoms with Crippen LogP contribution in [0.15, 0.2) is 0 Å². The molecule has 2 fully saturated rings. The predicted octanol–water partition coefficient (Wildman–Crippen LogP) is 1.19. The van der Waals surface area contributed by atoms with Crippen molar-refractivity contribution in [3.63, 3.8) is 0 Å². The number of nitrogens with zero attached hydrogens (tertiary/aromatic N) is 1. The van der Waals surface area contributed by atoms with Crippen LogP contribution < -0.4 is 0 Å². The van der Waals surface area contributed by atoms with Crippen LogP contribution in [0.5, 0.6) is 0 Å². The molecule has 2 heterocycles. The van der Waals surface area contributed by atoms with Crippen LogP contribution in [-0.4, -0.2) is 36.4 Å². The summed E-state index contributed by atoms with van der Waals surface area (Å²) in [7, 11) is 0. The number of ether oxygens (including phenoxy) is 3. The molecule has 3 unspecified atom stereocenters. The minimum Gasteiger partial charge on any atom is -0.465 e. The van der Waals surface area contributed by atoms with E-state index in [0.29, 0.717) is 19.4 Å². The number of hydrogen-bond acceptors (Lipinski definition) is 6. The molecule has 6 nitrogen and oxygen atoms in total. The van der Waals surface area contributed by atoms with Crippen molar-refractivity contribution in [1.82, 2.24) is 0 Å². The molecule has 6 heteroatoms. The average Bonchev–Trinajstić information content (AvgIpc) is 2.59. The molecule has 20 heavy (non-hydrogen) atoms. The second-order valence-corrected chi connectivity index (χ2v) is 5.86. The largest absolute Gasteiger partial charge is 0.465 e. The molecule has 2 aliphatic heterocycles. The van der Waals surface area contributed by atoms with Gasteiger partial charge in [0, 0.05) is 12.8 Å². The molecule has 0 radical (unpaired) electrons. The highest BCUT2D eigenvalue weighted by atomic mass is 16.6. The van der Waals surface area contributed by atoms with Crippen molar-refractivity contribution in [2.24, 2.45) is 11.8 Å². The van der Waals surface area contributed by atoms with Crippen LogP contribution in [0, 0.1) is 23.2 Å². The Morgan fingerprint density at radius 2 is 2.25 bits per heavy atom. The summed E-state index contributed by atoms with van der Waals surface area (Å²) in [4.78, 5) is 23.9. The summed E-state index contributed by atoms with van der Waals surface area (Å²) in [5.74, 6) is -3.30. The van der Waals surface area contributed by atoms with E-state index in [4.69, 9.17) is 14.2 Å². The molecule has 0 aromatic rings. The second-order valence-electron chi connectivity index (χ2n) is 5.86. The lowest BCUT2D eigenvalue weighted by Crippen LogP contribution is -2.50. The Bertz CT molecular complexity index is 467. The van der Waals surface area contributed by atoms with Gasteiger partial charge in [0.2, 0.25) is 0 Å². The van der Waals surface area contributed by atoms with Crippen LogP contribution in [-0.2, 0) is 23.8 Å². The van der Waals surface area contributed by atoms with E-state index < -0.39 is 35.0 Å². The molecule has 2 aliphatic rings. The Labute approximate surface area is 118 Å². The number of nitriles is 1. The van der Waals surface area contributed by atoms with Gasteiger partial charge in [0.05, 0.1) is 24.9 Å². The number of carbonyl (C=O) groups is 2. The van der Waals surface area contributed by atoms with E-state index >= 15 is 0 Å². The van der Waals surface area contributed by atoms with Crippen LogP contribution >= 0.6 is 0 Å². The maximum absolute atomic E-state index is 12.0. The van der Waals surface area contributed by atoms with E-state index in [1.54, 1.807) is 6.92 Å². The number of rotatable bonds is 2. The quantitative estimate of drug-likeness (QED) is 0.558. The highest BCUT2D eigenvalue weighted by molar-refractivity contribution is 5.97. The van der Waals surface area contributed by atoms with Crippen LogP contribution in [0.1, 0.15) is 33.6 Å². The minimum absolute atomic E-state index is 0.169. The fourth-order valence-corrected chi connectivity index (χ4v) is 3.14. The fraction of sp³-hybridized carbons (Fsp3) is 0.786. The van der Waals surface area contributed by atoms with Crippen molar-refractivity contribution in [2.45, 2.75) is 44.8 Å². The highest BCUT2D eigenvalue weighted by Crippen LogP contribution is 2.47. The van der Waals surface area contributed by atoms with E-state index in [1.807, 2.05) is 13.8 Å². The molecule has 3 atom stereocenters. The van der Waals surface area contributed by atoms with E-state index in [-0.39, 0.29) is 6.61 Å². The second kappa shape index (κ2) is 5.06. The standard InChI is InChI=1S/C14H19NO5/c1-4-18-11(16)10-9(7-15)14(20-12(10)17)5-6-19-13(2,3)8-14/h9-10H,4-6,8H2,1-3H3. The Kier molecular flexibility index (Phi) is 3.74. The molecule has 0 amide bonds. The number of carbonyl (C=O) groups excluding carboxylic acids is 2. The Hall–Kier alpha value is -1.61. The van der Waals surface area contributed by atoms with Gasteiger partial charge in [-0.15, -0.1) is 0 Å². The smallest absolute Gasteiger partial charge is 0.322 e. The summed E-state index contributed by atoms with van der Waals surface area (Å²) in [6, 6.07) is 2.08. The summed E-state index contributed by atoms with van der Waals surface area (Å²) in [6.07, 6.45) is 0.830. The molecule has 1 spiro atoms. The summed E-state index contributed by atoms with van der Waals surface area (Å²) >= 11 is 0. The van der Waals surface area contributed by atoms with Gasteiger partial charge in [-0.3, -0.25) is 9.59 Å². The van der Waals surface area contributed by atoms with Gasteiger partial charge in [-0.2, -0.15) is 5.26 Å². The molecular formula is C14H19NO5. The van der Waals surface area contributed by atoms with Crippen LogP contribution in [0.4, 0.5) is 0 Å². The molecule has 0 N–H and O–H groups in total. The average molecular weight is 281 g/mol. The van der Waals surface area contributed by atoms with Crippen molar-refractivity contribution < 1.29 is 23.8 Å². The zero-order valence-electron chi connectivity index (χ0n) is 12.0. The third-order valence-electron chi connectivity index (χ3n) is 3.88. The molecule has 0 aliphatic carbocycles. The summed E-state index contributed by atoms with van der Waals surface area (Å²) < 4.78 is 16.0. The van der Waals surface area contributed by atoms with Gasteiger partial charge in [0.1, 0.15) is 11.5 Å². The van der Waals surface area contributed by atoms with Crippen LogP contribution in [0.25, 0.3) is 0 Å². The Balaban J connectivity index is 2.31. The van der Waals surface area contributed by atoms with Gasteiger partial charge in [-0.1, -0.05) is 0 Å². The maximum atomic E-state index is 12.0. The summed E-state index contributed by atoms with van der Waals surface area (Å²) in [6.45, 7) is 5.99. The van der Waals surface area contributed by atoms with Gasteiger partial charge in [-0.05, 0) is 20.8 Å². The predicted molar refractivity (Wildman–Crippen MR) is 67.3 cm³/mol. The first kappa shape index (κ1) is 14.8. The third kappa shape index (κ3) is 2.38. The zero-order chi connectivity index (χ0) is 15.0. The first-order chi connectivity index (χ1) is 9.35. The van der Waals surface area contributed by atoms with Gasteiger partial charge in [0.15, 0.2) is 5.92 Å². The molecular weight excluding hydrogens is 262 g/mol. The molecule has 0 aromatic carbocycles. The van der Waals surface area contributed by atoms with Crippen LogP contribution in [0.2, 0.25) is 0 Å². The molecule has 110 valence electrons. The number of esters is 2. The van der Waals surface area contributed by atoms with E-state index in [1.165, 1.54) is 0 Å². The summed E-state index contributed by atoms with van der Waals surface area (Å²) in [5.41, 5.74) is -1.43. The van der Waals surface area contributed by atoms with E-state index in [0.717, 1.165) is 0 Å². The molecule has 2 rings (SSSR count). The van der Waals surface area contributed by atoms with Crippen molar-refractivity contribution in [3.05, 3.63) is 0 Å². The van der Waals surface area contributed by atoms with E-state index in [9.17, 15) is 14.9 Å². The lowest BCUT2D eigenvalue weighted by atomic mass is 9.73. The third-order valence-corrected chi connectivity index (χ3v) is 3.88. The van der Waals surface area contributed by atoms with Crippen LogP contribution in [0.3, 0.4) is 0 Å². The van der Waals surface area contributed by atoms with Gasteiger partial charge >= 0.3 is 11.9 Å². The van der Waals surface area contributed by atoms with Crippen molar-refractivity contribution in [2.75, 3.05) is 13.2 Å². The minimum atomic E-state index is -1.14. The molecule has 0 aromatic heterocycles. The van der Waals surface area contributed by atoms with Gasteiger partial charge in [0.25, 0.3) is 0 Å². The number of hydrogen-bond donors (Lipinski definition) is 0. The van der Waals surface area contributed by atoms with Gasteiger partial charge in [-0.25, -0.2) is 0 Å². The topological polar surface area (TPSA) is 85.6 Å². The SMILES string of the molecule is CCOC(=O)C1C(=O)OC2(CCOC(C)(C)C2)C1C#N. The zero-order valence-corrected chi connectivity index (χ0v) is 12.0. The lowest BCUT2D eigenvalue weighted by Gasteiger charge is -2.42. The fourth-order valence-electron chi connectivity index (χ4n) is 3.14. The molecule has 0 bridgehead atoms. The highest BCUT2D eigenvalue weighted by Gasteiger charge is 2.62. The summed E-state index contributed by atoms with van der Waals surface area (Å²) in [5, 5.41) is 9.43. The van der Waals surface area contributed by atoms with Crippen molar-refractivity contribution in [3.8, 4) is 6.07 Å². The first-order valence-corrected chi connectivity index (χ1v) is 6.78. The molecule has 2 saturated heterocycles. The first-order valence-electron chi connectivity index (χ1n) is 6.78. The maximum Gasteiger partial charge on any atom is 0.322 e. The van der Waals surface area contributed by atoms with Crippen molar-refractivity contribution >= 4 is 11.9 Å².